The van der Waals surface area contributed by atoms with Gasteiger partial charge in [-0.15, -0.1) is 0 Å². The van der Waals surface area contributed by atoms with Crippen molar-refractivity contribution in [2.45, 2.75) is 9.92 Å². The molecule has 6 heteroatoms. The first kappa shape index (κ1) is 12.7. The molecule has 0 amide bonds. The molecule has 0 unspecified atom stereocenters. The molecular formula is C12H9ClN2O2S. The van der Waals surface area contributed by atoms with Crippen molar-refractivity contribution in [2.24, 2.45) is 0 Å². The van der Waals surface area contributed by atoms with Gasteiger partial charge in [-0.3, -0.25) is 0 Å². The summed E-state index contributed by atoms with van der Waals surface area (Å²) < 4.78 is 0. The summed E-state index contributed by atoms with van der Waals surface area (Å²) >= 11 is 7.10. The Hall–Kier alpha value is -1.72. The van der Waals surface area contributed by atoms with Gasteiger partial charge < -0.3 is 10.8 Å². The SMILES string of the molecule is Nc1cnc(Sc2cccc(Cl)c2)c(C(=O)O)c1. The number of nitrogens with two attached hydrogens (primary N) is 1. The lowest BCUT2D eigenvalue weighted by Gasteiger charge is -2.05. The van der Waals surface area contributed by atoms with Crippen molar-refractivity contribution in [3.63, 3.8) is 0 Å². The van der Waals surface area contributed by atoms with Crippen molar-refractivity contribution < 1.29 is 9.90 Å². The van der Waals surface area contributed by atoms with Crippen LogP contribution in [0.3, 0.4) is 0 Å². The zero-order chi connectivity index (χ0) is 13.1. The third-order valence-electron chi connectivity index (χ3n) is 2.11. The summed E-state index contributed by atoms with van der Waals surface area (Å²) in [5.74, 6) is -1.06. The van der Waals surface area contributed by atoms with E-state index in [1.807, 2.05) is 6.07 Å². The first-order valence-electron chi connectivity index (χ1n) is 4.98. The molecule has 0 aliphatic carbocycles. The first-order valence-corrected chi connectivity index (χ1v) is 6.18. The van der Waals surface area contributed by atoms with Gasteiger partial charge in [-0.05, 0) is 24.3 Å². The van der Waals surface area contributed by atoms with E-state index in [0.29, 0.717) is 15.7 Å². The molecule has 0 aliphatic rings. The van der Waals surface area contributed by atoms with E-state index in [9.17, 15) is 4.79 Å². The minimum Gasteiger partial charge on any atom is -0.478 e. The van der Waals surface area contributed by atoms with Gasteiger partial charge in [0, 0.05) is 9.92 Å². The number of carbonyl (C=O) groups is 1. The molecule has 1 aromatic carbocycles. The van der Waals surface area contributed by atoms with Gasteiger partial charge in [0.05, 0.1) is 17.4 Å². The van der Waals surface area contributed by atoms with Crippen LogP contribution in [-0.2, 0) is 0 Å². The zero-order valence-electron chi connectivity index (χ0n) is 9.13. The standard InChI is InChI=1S/C12H9ClN2O2S/c13-7-2-1-3-9(4-7)18-11-10(12(16)17)5-8(14)6-15-11/h1-6H,14H2,(H,16,17). The quantitative estimate of drug-likeness (QED) is 0.903. The maximum absolute atomic E-state index is 11.1. The summed E-state index contributed by atoms with van der Waals surface area (Å²) in [4.78, 5) is 16.0. The molecule has 92 valence electrons. The van der Waals surface area contributed by atoms with E-state index in [-0.39, 0.29) is 5.56 Å². The lowest BCUT2D eigenvalue weighted by atomic mass is 10.3. The van der Waals surface area contributed by atoms with Crippen LogP contribution in [0, 0.1) is 0 Å². The van der Waals surface area contributed by atoms with Crippen LogP contribution in [0.1, 0.15) is 10.4 Å². The Morgan fingerprint density at radius 1 is 1.39 bits per heavy atom. The second-order valence-electron chi connectivity index (χ2n) is 3.49. The van der Waals surface area contributed by atoms with Crippen LogP contribution in [-0.4, -0.2) is 16.1 Å². The maximum atomic E-state index is 11.1. The number of aromatic nitrogens is 1. The van der Waals surface area contributed by atoms with Crippen molar-refractivity contribution in [3.8, 4) is 0 Å². The number of halogens is 1. The number of carboxylic acid groups (broad SMARTS) is 1. The zero-order valence-corrected chi connectivity index (χ0v) is 10.7. The van der Waals surface area contributed by atoms with Crippen LogP contribution in [0.25, 0.3) is 0 Å². The number of nitrogen functional groups attached to an aromatic ring is 1. The monoisotopic (exact) mass is 280 g/mol. The average molecular weight is 281 g/mol. The van der Waals surface area contributed by atoms with Crippen LogP contribution in [0.4, 0.5) is 5.69 Å². The molecule has 0 fully saturated rings. The van der Waals surface area contributed by atoms with E-state index >= 15 is 0 Å². The van der Waals surface area contributed by atoms with E-state index in [1.165, 1.54) is 24.0 Å². The number of carboxylic acids is 1. The van der Waals surface area contributed by atoms with E-state index < -0.39 is 5.97 Å². The van der Waals surface area contributed by atoms with E-state index in [0.717, 1.165) is 4.90 Å². The summed E-state index contributed by atoms with van der Waals surface area (Å²) in [5, 5.41) is 10.1. The molecule has 0 bridgehead atoms. The summed E-state index contributed by atoms with van der Waals surface area (Å²) in [5.41, 5.74) is 5.93. The Bertz CT molecular complexity index is 604. The number of hydrogen-bond donors (Lipinski definition) is 2. The highest BCUT2D eigenvalue weighted by Gasteiger charge is 2.13. The number of aromatic carboxylic acids is 1. The van der Waals surface area contributed by atoms with Gasteiger partial charge >= 0.3 is 5.97 Å². The van der Waals surface area contributed by atoms with Crippen LogP contribution in [0.15, 0.2) is 46.5 Å². The molecular weight excluding hydrogens is 272 g/mol. The van der Waals surface area contributed by atoms with Crippen LogP contribution in [0.5, 0.6) is 0 Å². The van der Waals surface area contributed by atoms with Gasteiger partial charge in [0.2, 0.25) is 0 Å². The first-order chi connectivity index (χ1) is 8.56. The molecule has 0 atom stereocenters. The molecule has 2 rings (SSSR count). The highest BCUT2D eigenvalue weighted by atomic mass is 35.5. The smallest absolute Gasteiger partial charge is 0.338 e. The minimum atomic E-state index is -1.06. The molecule has 4 nitrogen and oxygen atoms in total. The lowest BCUT2D eigenvalue weighted by molar-refractivity contribution is 0.0692. The normalized spacial score (nSPS) is 10.3. The minimum absolute atomic E-state index is 0.0833. The van der Waals surface area contributed by atoms with Gasteiger partial charge in [-0.25, -0.2) is 9.78 Å². The van der Waals surface area contributed by atoms with Crippen LogP contribution < -0.4 is 5.73 Å². The van der Waals surface area contributed by atoms with Crippen molar-refractivity contribution in [2.75, 3.05) is 5.73 Å². The van der Waals surface area contributed by atoms with E-state index in [1.54, 1.807) is 18.2 Å². The number of pyridine rings is 1. The van der Waals surface area contributed by atoms with Crippen molar-refractivity contribution >= 4 is 35.0 Å². The topological polar surface area (TPSA) is 76.2 Å². The molecule has 1 heterocycles. The molecule has 3 N–H and O–H groups in total. The number of nitrogens with zero attached hydrogens (tertiary/aromatic N) is 1. The Balaban J connectivity index is 2.37. The summed E-state index contributed by atoms with van der Waals surface area (Å²) in [7, 11) is 0. The van der Waals surface area contributed by atoms with Gasteiger partial charge in [-0.1, -0.05) is 29.4 Å². The molecule has 1 aromatic heterocycles. The van der Waals surface area contributed by atoms with Gasteiger partial charge in [0.15, 0.2) is 0 Å². The van der Waals surface area contributed by atoms with Gasteiger partial charge in [0.25, 0.3) is 0 Å². The lowest BCUT2D eigenvalue weighted by Crippen LogP contribution is -2.02. The summed E-state index contributed by atoms with van der Waals surface area (Å²) in [6.07, 6.45) is 1.43. The third kappa shape index (κ3) is 2.94. The number of anilines is 1. The maximum Gasteiger partial charge on any atom is 0.338 e. The number of rotatable bonds is 3. The van der Waals surface area contributed by atoms with E-state index in [4.69, 9.17) is 22.4 Å². The molecule has 0 spiro atoms. The highest BCUT2D eigenvalue weighted by Crippen LogP contribution is 2.30. The fraction of sp³-hybridized carbons (Fsp3) is 0. The van der Waals surface area contributed by atoms with Crippen molar-refractivity contribution in [1.29, 1.82) is 0 Å². The third-order valence-corrected chi connectivity index (χ3v) is 3.36. The Labute approximate surface area is 113 Å². The predicted octanol–water partition coefficient (Wildman–Crippen LogP) is 3.17. The van der Waals surface area contributed by atoms with Gasteiger partial charge in [-0.2, -0.15) is 0 Å². The highest BCUT2D eigenvalue weighted by molar-refractivity contribution is 7.99. The second kappa shape index (κ2) is 5.29. The van der Waals surface area contributed by atoms with Crippen molar-refractivity contribution in [1.82, 2.24) is 4.98 Å². The van der Waals surface area contributed by atoms with E-state index in [2.05, 4.69) is 4.98 Å². The van der Waals surface area contributed by atoms with Crippen LogP contribution in [0.2, 0.25) is 5.02 Å². The molecule has 0 saturated heterocycles. The summed E-state index contributed by atoms with van der Waals surface area (Å²) in [6.45, 7) is 0. The number of hydrogen-bond acceptors (Lipinski definition) is 4. The fourth-order valence-electron chi connectivity index (χ4n) is 1.35. The number of benzene rings is 1. The molecule has 0 saturated carbocycles. The molecule has 18 heavy (non-hydrogen) atoms. The molecule has 0 aliphatic heterocycles. The average Bonchev–Trinajstić information content (AvgIpc) is 2.31. The van der Waals surface area contributed by atoms with Gasteiger partial charge in [0.1, 0.15) is 5.03 Å². The fourth-order valence-corrected chi connectivity index (χ4v) is 2.52. The Kier molecular flexibility index (Phi) is 3.74. The second-order valence-corrected chi connectivity index (χ2v) is 4.98. The Morgan fingerprint density at radius 3 is 2.83 bits per heavy atom. The Morgan fingerprint density at radius 2 is 2.17 bits per heavy atom. The van der Waals surface area contributed by atoms with Crippen molar-refractivity contribution in [3.05, 3.63) is 47.1 Å². The molecule has 0 radical (unpaired) electrons. The summed E-state index contributed by atoms with van der Waals surface area (Å²) in [6, 6.07) is 8.51. The predicted molar refractivity (Wildman–Crippen MR) is 71.2 cm³/mol. The van der Waals surface area contributed by atoms with Crippen LogP contribution >= 0.6 is 23.4 Å². The largest absolute Gasteiger partial charge is 0.478 e. The molecule has 2 aromatic rings.